The van der Waals surface area contributed by atoms with Crippen molar-refractivity contribution in [2.45, 2.75) is 13.8 Å². The van der Waals surface area contributed by atoms with Crippen molar-refractivity contribution in [2.24, 2.45) is 0 Å². The van der Waals surface area contributed by atoms with Gasteiger partial charge in [0.15, 0.2) is 12.4 Å². The van der Waals surface area contributed by atoms with Gasteiger partial charge in [0.2, 0.25) is 0 Å². The third-order valence-corrected chi connectivity index (χ3v) is 2.01. The lowest BCUT2D eigenvalue weighted by Gasteiger charge is -2.10. The molecule has 5 nitrogen and oxygen atoms in total. The molecule has 0 radical (unpaired) electrons. The van der Waals surface area contributed by atoms with Gasteiger partial charge in [-0.05, 0) is 26.0 Å². The Balaban J connectivity index is 2.81. The lowest BCUT2D eigenvalue weighted by Crippen LogP contribution is -2.15. The Morgan fingerprint density at radius 3 is 2.65 bits per heavy atom. The molecule has 0 unspecified atom stereocenters. The van der Waals surface area contributed by atoms with Gasteiger partial charge in [-0.3, -0.25) is 4.79 Å². The van der Waals surface area contributed by atoms with Crippen LogP contribution in [-0.4, -0.2) is 30.1 Å². The summed E-state index contributed by atoms with van der Waals surface area (Å²) in [5.74, 6) is -0.850. The van der Waals surface area contributed by atoms with E-state index in [0.29, 0.717) is 0 Å². The van der Waals surface area contributed by atoms with E-state index in [9.17, 15) is 14.7 Å². The van der Waals surface area contributed by atoms with E-state index in [4.69, 9.17) is 4.74 Å². The molecule has 0 bridgehead atoms. The first-order valence-corrected chi connectivity index (χ1v) is 5.17. The van der Waals surface area contributed by atoms with Crippen molar-refractivity contribution in [3.63, 3.8) is 0 Å². The zero-order chi connectivity index (χ0) is 12.8. The number of hydrogen-bond donors (Lipinski definition) is 1. The van der Waals surface area contributed by atoms with Gasteiger partial charge in [-0.25, -0.2) is 4.79 Å². The highest BCUT2D eigenvalue weighted by Gasteiger charge is 2.14. The molecule has 1 N–H and O–H groups in total. The minimum atomic E-state index is -0.523. The summed E-state index contributed by atoms with van der Waals surface area (Å²) in [6.07, 6.45) is 0. The minimum Gasteiger partial charge on any atom is -0.507 e. The summed E-state index contributed by atoms with van der Waals surface area (Å²) in [4.78, 5) is 22.4. The molecule has 1 aromatic rings. The van der Waals surface area contributed by atoms with E-state index in [1.807, 2.05) is 0 Å². The van der Waals surface area contributed by atoms with Gasteiger partial charge in [-0.15, -0.1) is 0 Å². The van der Waals surface area contributed by atoms with Crippen molar-refractivity contribution < 1.29 is 24.2 Å². The van der Waals surface area contributed by atoms with E-state index in [1.54, 1.807) is 6.92 Å². The highest BCUT2D eigenvalue weighted by atomic mass is 16.6. The van der Waals surface area contributed by atoms with Crippen LogP contribution in [0.25, 0.3) is 0 Å². The van der Waals surface area contributed by atoms with Crippen LogP contribution in [-0.2, 0) is 9.53 Å². The fourth-order valence-corrected chi connectivity index (χ4v) is 1.33. The Hall–Kier alpha value is -2.04. The second kappa shape index (κ2) is 5.89. The molecule has 1 rings (SSSR count). The van der Waals surface area contributed by atoms with E-state index >= 15 is 0 Å². The number of ketones is 1. The predicted molar refractivity (Wildman–Crippen MR) is 60.2 cm³/mol. The zero-order valence-electron chi connectivity index (χ0n) is 9.73. The number of benzene rings is 1. The summed E-state index contributed by atoms with van der Waals surface area (Å²) >= 11 is 0. The third kappa shape index (κ3) is 3.48. The van der Waals surface area contributed by atoms with Crippen LogP contribution in [0.2, 0.25) is 0 Å². The SMILES string of the molecule is CCOC(=O)COc1cccc(O)c1C(C)=O. The number of esters is 1. The second-order valence-corrected chi connectivity index (χ2v) is 3.30. The molecule has 0 fully saturated rings. The fraction of sp³-hybridized carbons (Fsp3) is 0.333. The number of ether oxygens (including phenoxy) is 2. The minimum absolute atomic E-state index is 0.0665. The predicted octanol–water partition coefficient (Wildman–Crippen LogP) is 1.54. The molecular formula is C12H14O5. The number of carbonyl (C=O) groups excluding carboxylic acids is 2. The fourth-order valence-electron chi connectivity index (χ4n) is 1.33. The van der Waals surface area contributed by atoms with Crippen LogP contribution in [0, 0.1) is 0 Å². The highest BCUT2D eigenvalue weighted by Crippen LogP contribution is 2.27. The van der Waals surface area contributed by atoms with Crippen molar-refractivity contribution in [3.05, 3.63) is 23.8 Å². The zero-order valence-corrected chi connectivity index (χ0v) is 9.73. The van der Waals surface area contributed by atoms with Crippen molar-refractivity contribution in [2.75, 3.05) is 13.2 Å². The Bertz CT molecular complexity index is 425. The molecule has 17 heavy (non-hydrogen) atoms. The van der Waals surface area contributed by atoms with Crippen molar-refractivity contribution in [3.8, 4) is 11.5 Å². The average molecular weight is 238 g/mol. The van der Waals surface area contributed by atoms with Crippen molar-refractivity contribution in [1.82, 2.24) is 0 Å². The summed E-state index contributed by atoms with van der Waals surface area (Å²) < 4.78 is 9.82. The van der Waals surface area contributed by atoms with E-state index in [2.05, 4.69) is 4.74 Å². The standard InChI is InChI=1S/C12H14O5/c1-3-16-11(15)7-17-10-6-4-5-9(14)12(10)8(2)13/h4-6,14H,3,7H2,1-2H3. The van der Waals surface area contributed by atoms with Crippen molar-refractivity contribution in [1.29, 1.82) is 0 Å². The Morgan fingerprint density at radius 1 is 1.35 bits per heavy atom. The Labute approximate surface area is 99.0 Å². The van der Waals surface area contributed by atoms with Crippen LogP contribution in [0.1, 0.15) is 24.2 Å². The number of phenolic OH excluding ortho intramolecular Hbond substituents is 1. The first-order chi connectivity index (χ1) is 8.06. The molecule has 0 spiro atoms. The Kier molecular flexibility index (Phi) is 4.51. The van der Waals surface area contributed by atoms with Crippen LogP contribution in [0.15, 0.2) is 18.2 Å². The molecule has 0 aliphatic heterocycles. The lowest BCUT2D eigenvalue weighted by atomic mass is 10.1. The molecule has 0 atom stereocenters. The summed E-state index contributed by atoms with van der Waals surface area (Å²) in [5, 5.41) is 9.51. The number of rotatable bonds is 5. The van der Waals surface area contributed by atoms with E-state index < -0.39 is 5.97 Å². The van der Waals surface area contributed by atoms with Gasteiger partial charge >= 0.3 is 5.97 Å². The lowest BCUT2D eigenvalue weighted by molar-refractivity contribution is -0.145. The molecule has 92 valence electrons. The molecule has 0 aliphatic carbocycles. The van der Waals surface area contributed by atoms with Gasteiger partial charge in [-0.2, -0.15) is 0 Å². The average Bonchev–Trinajstić information content (AvgIpc) is 2.26. The van der Waals surface area contributed by atoms with Gasteiger partial charge in [0, 0.05) is 0 Å². The summed E-state index contributed by atoms with van der Waals surface area (Å²) in [7, 11) is 0. The normalized spacial score (nSPS) is 9.76. The van der Waals surface area contributed by atoms with Gasteiger partial charge in [0.05, 0.1) is 6.61 Å². The van der Waals surface area contributed by atoms with E-state index in [-0.39, 0.29) is 36.1 Å². The topological polar surface area (TPSA) is 72.8 Å². The molecule has 0 saturated carbocycles. The van der Waals surface area contributed by atoms with Gasteiger partial charge in [0.1, 0.15) is 17.1 Å². The largest absolute Gasteiger partial charge is 0.507 e. The first-order valence-electron chi connectivity index (χ1n) is 5.17. The van der Waals surface area contributed by atoms with Crippen LogP contribution < -0.4 is 4.74 Å². The summed E-state index contributed by atoms with van der Waals surface area (Å²) in [6.45, 7) is 2.97. The Morgan fingerprint density at radius 2 is 2.06 bits per heavy atom. The molecular weight excluding hydrogens is 224 g/mol. The van der Waals surface area contributed by atoms with Crippen LogP contribution in [0.4, 0.5) is 0 Å². The maximum Gasteiger partial charge on any atom is 0.344 e. The summed E-state index contributed by atoms with van der Waals surface area (Å²) in [5.41, 5.74) is 0.0665. The number of hydrogen-bond acceptors (Lipinski definition) is 5. The number of phenols is 1. The van der Waals surface area contributed by atoms with Crippen LogP contribution in [0.3, 0.4) is 0 Å². The molecule has 0 aliphatic rings. The molecule has 0 amide bonds. The maximum atomic E-state index is 11.3. The summed E-state index contributed by atoms with van der Waals surface area (Å²) in [6, 6.07) is 4.42. The molecule has 0 heterocycles. The quantitative estimate of drug-likeness (QED) is 0.622. The first kappa shape index (κ1) is 13.0. The number of carbonyl (C=O) groups is 2. The smallest absolute Gasteiger partial charge is 0.344 e. The monoisotopic (exact) mass is 238 g/mol. The molecule has 0 aromatic heterocycles. The third-order valence-electron chi connectivity index (χ3n) is 2.01. The van der Waals surface area contributed by atoms with E-state index in [1.165, 1.54) is 25.1 Å². The van der Waals surface area contributed by atoms with E-state index in [0.717, 1.165) is 0 Å². The van der Waals surface area contributed by atoms with Gasteiger partial charge < -0.3 is 14.6 Å². The highest BCUT2D eigenvalue weighted by molar-refractivity contribution is 5.99. The molecule has 1 aromatic carbocycles. The van der Waals surface area contributed by atoms with Gasteiger partial charge in [0.25, 0.3) is 0 Å². The van der Waals surface area contributed by atoms with Crippen molar-refractivity contribution >= 4 is 11.8 Å². The number of Topliss-reactive ketones (excluding diaryl/α,β-unsaturated/α-hetero) is 1. The van der Waals surface area contributed by atoms with Crippen LogP contribution in [0.5, 0.6) is 11.5 Å². The van der Waals surface area contributed by atoms with Gasteiger partial charge in [-0.1, -0.05) is 6.07 Å². The molecule has 5 heteroatoms. The second-order valence-electron chi connectivity index (χ2n) is 3.30. The number of aromatic hydroxyl groups is 1. The van der Waals surface area contributed by atoms with Crippen LogP contribution >= 0.6 is 0 Å². The molecule has 0 saturated heterocycles. The maximum absolute atomic E-state index is 11.3.